The Morgan fingerprint density at radius 3 is 2.38 bits per heavy atom. The Morgan fingerprint density at radius 2 is 1.70 bits per heavy atom. The van der Waals surface area contributed by atoms with Crippen molar-refractivity contribution in [3.8, 4) is 17.2 Å². The van der Waals surface area contributed by atoms with Crippen molar-refractivity contribution in [2.24, 2.45) is 0 Å². The molecule has 11 heteroatoms. The van der Waals surface area contributed by atoms with Gasteiger partial charge in [0, 0.05) is 19.7 Å². The zero-order valence-electron chi connectivity index (χ0n) is 22.7. The number of benzene rings is 3. The Labute approximate surface area is 234 Å². The number of likely N-dealkylation sites (N-methyl/N-ethyl adjacent to an activating group) is 1. The third-order valence-electron chi connectivity index (χ3n) is 6.54. The Morgan fingerprint density at radius 1 is 0.975 bits per heavy atom. The fraction of sp³-hybridized carbons (Fsp3) is 0.310. The van der Waals surface area contributed by atoms with E-state index in [-0.39, 0.29) is 23.0 Å². The number of amides is 2. The number of hydrogen-bond acceptors (Lipinski definition) is 7. The third kappa shape index (κ3) is 6.31. The maximum Gasteiger partial charge on any atom is 0.264 e. The van der Waals surface area contributed by atoms with Crippen LogP contribution in [-0.4, -0.2) is 65.1 Å². The van der Waals surface area contributed by atoms with Gasteiger partial charge in [-0.1, -0.05) is 37.3 Å². The topological polar surface area (TPSA) is 114 Å². The molecule has 1 atom stereocenters. The van der Waals surface area contributed by atoms with Gasteiger partial charge >= 0.3 is 0 Å². The van der Waals surface area contributed by atoms with Gasteiger partial charge in [0.05, 0.1) is 17.7 Å². The number of nitrogens with zero attached hydrogens (tertiary/aromatic N) is 2. The molecule has 2 amide bonds. The van der Waals surface area contributed by atoms with Crippen LogP contribution >= 0.6 is 0 Å². The molecule has 1 N–H and O–H groups in total. The van der Waals surface area contributed by atoms with Crippen LogP contribution in [0, 0.1) is 0 Å². The lowest BCUT2D eigenvalue weighted by Crippen LogP contribution is -2.51. The van der Waals surface area contributed by atoms with E-state index in [1.807, 2.05) is 6.07 Å². The number of ether oxygens (including phenoxy) is 3. The second kappa shape index (κ2) is 12.7. The maximum absolute atomic E-state index is 14.0. The molecule has 1 heterocycles. The fourth-order valence-corrected chi connectivity index (χ4v) is 5.92. The van der Waals surface area contributed by atoms with Crippen molar-refractivity contribution in [3.05, 3.63) is 78.4 Å². The van der Waals surface area contributed by atoms with E-state index in [0.29, 0.717) is 36.9 Å². The van der Waals surface area contributed by atoms with Gasteiger partial charge in [-0.25, -0.2) is 8.42 Å². The van der Waals surface area contributed by atoms with Gasteiger partial charge in [-0.2, -0.15) is 0 Å². The lowest BCUT2D eigenvalue weighted by molar-refractivity contribution is -0.140. The molecule has 0 aromatic heterocycles. The van der Waals surface area contributed by atoms with E-state index in [1.165, 1.54) is 24.1 Å². The first-order chi connectivity index (χ1) is 19.3. The molecule has 1 unspecified atom stereocenters. The monoisotopic (exact) mass is 567 g/mol. The number of carbonyl (C=O) groups is 2. The Balaban J connectivity index is 1.76. The van der Waals surface area contributed by atoms with Crippen molar-refractivity contribution in [1.29, 1.82) is 0 Å². The number of carbonyl (C=O) groups excluding carboxylic acids is 2. The van der Waals surface area contributed by atoms with Crippen LogP contribution in [0.25, 0.3) is 0 Å². The molecule has 0 bridgehead atoms. The fourth-order valence-electron chi connectivity index (χ4n) is 4.49. The van der Waals surface area contributed by atoms with Crippen LogP contribution in [-0.2, 0) is 26.2 Å². The van der Waals surface area contributed by atoms with Crippen LogP contribution in [0.1, 0.15) is 18.9 Å². The lowest BCUT2D eigenvalue weighted by Gasteiger charge is -2.33. The first kappa shape index (κ1) is 28.8. The molecule has 1 aliphatic heterocycles. The van der Waals surface area contributed by atoms with Crippen molar-refractivity contribution in [2.45, 2.75) is 30.8 Å². The summed E-state index contributed by atoms with van der Waals surface area (Å²) in [4.78, 5) is 28.3. The molecule has 4 rings (SSSR count). The molecule has 3 aromatic carbocycles. The SMILES string of the molecule is CCC(C(=O)NC)N(Cc1cccc(OC)c1)C(=O)CN(c1ccc2c(c1)OCCO2)S(=O)(=O)c1ccccc1. The zero-order chi connectivity index (χ0) is 28.7. The molecule has 1 aliphatic rings. The number of nitrogens with one attached hydrogen (secondary N) is 1. The molecule has 0 spiro atoms. The highest BCUT2D eigenvalue weighted by molar-refractivity contribution is 7.92. The van der Waals surface area contributed by atoms with Gasteiger partial charge in [-0.05, 0) is 48.4 Å². The predicted molar refractivity (Wildman–Crippen MR) is 150 cm³/mol. The van der Waals surface area contributed by atoms with E-state index in [1.54, 1.807) is 68.6 Å². The molecular formula is C29H33N3O7S. The average molecular weight is 568 g/mol. The van der Waals surface area contributed by atoms with Crippen molar-refractivity contribution in [2.75, 3.05) is 38.2 Å². The molecule has 0 saturated carbocycles. The minimum Gasteiger partial charge on any atom is -0.497 e. The normalized spacial score (nSPS) is 13.2. The van der Waals surface area contributed by atoms with Crippen LogP contribution in [0.15, 0.2) is 77.7 Å². The number of fused-ring (bicyclic) bond motifs is 1. The minimum absolute atomic E-state index is 0.0235. The summed E-state index contributed by atoms with van der Waals surface area (Å²) >= 11 is 0. The minimum atomic E-state index is -4.18. The molecule has 0 saturated heterocycles. The number of sulfonamides is 1. The van der Waals surface area contributed by atoms with E-state index in [9.17, 15) is 18.0 Å². The van der Waals surface area contributed by atoms with Crippen LogP contribution in [0.3, 0.4) is 0 Å². The van der Waals surface area contributed by atoms with Crippen molar-refractivity contribution in [1.82, 2.24) is 10.2 Å². The van der Waals surface area contributed by atoms with E-state index in [2.05, 4.69) is 5.32 Å². The second-order valence-corrected chi connectivity index (χ2v) is 10.9. The molecule has 0 fully saturated rings. The first-order valence-electron chi connectivity index (χ1n) is 12.9. The summed E-state index contributed by atoms with van der Waals surface area (Å²) in [5.41, 5.74) is 0.961. The number of anilines is 1. The summed E-state index contributed by atoms with van der Waals surface area (Å²) in [7, 11) is -1.14. The third-order valence-corrected chi connectivity index (χ3v) is 8.33. The van der Waals surface area contributed by atoms with E-state index in [0.717, 1.165) is 9.87 Å². The van der Waals surface area contributed by atoms with Crippen molar-refractivity contribution < 1.29 is 32.2 Å². The maximum atomic E-state index is 14.0. The molecule has 212 valence electrons. The molecule has 10 nitrogen and oxygen atoms in total. The molecule has 0 radical (unpaired) electrons. The highest BCUT2D eigenvalue weighted by atomic mass is 32.2. The highest BCUT2D eigenvalue weighted by Crippen LogP contribution is 2.36. The summed E-state index contributed by atoms with van der Waals surface area (Å²) in [6.45, 7) is 2.02. The Kier molecular flexibility index (Phi) is 9.15. The summed E-state index contributed by atoms with van der Waals surface area (Å²) in [6.07, 6.45) is 0.324. The standard InChI is InChI=1S/C29H33N3O7S/c1-4-25(29(34)30-2)31(19-21-9-8-10-23(17-21)37-3)28(33)20-32(40(35,36)24-11-6-5-7-12-24)22-13-14-26-27(18-22)39-16-15-38-26/h5-14,17-18,25H,4,15-16,19-20H2,1-3H3,(H,30,34). The summed E-state index contributed by atoms with van der Waals surface area (Å²) in [6, 6.07) is 19.0. The predicted octanol–water partition coefficient (Wildman–Crippen LogP) is 3.22. The van der Waals surface area contributed by atoms with Crippen molar-refractivity contribution >= 4 is 27.5 Å². The molecule has 3 aromatic rings. The van der Waals surface area contributed by atoms with E-state index < -0.39 is 28.5 Å². The number of hydrogen-bond donors (Lipinski definition) is 1. The smallest absolute Gasteiger partial charge is 0.264 e. The van der Waals surface area contributed by atoms with Crippen LogP contribution in [0.5, 0.6) is 17.2 Å². The van der Waals surface area contributed by atoms with Gasteiger partial charge in [0.1, 0.15) is 31.5 Å². The molecular weight excluding hydrogens is 534 g/mol. The highest BCUT2D eigenvalue weighted by Gasteiger charge is 2.34. The van der Waals surface area contributed by atoms with Crippen molar-refractivity contribution in [3.63, 3.8) is 0 Å². The Bertz CT molecular complexity index is 1450. The van der Waals surface area contributed by atoms with Crippen LogP contribution in [0.2, 0.25) is 0 Å². The van der Waals surface area contributed by atoms with Gasteiger partial charge in [0.15, 0.2) is 11.5 Å². The largest absolute Gasteiger partial charge is 0.497 e. The number of methoxy groups -OCH3 is 1. The van der Waals surface area contributed by atoms with E-state index in [4.69, 9.17) is 14.2 Å². The van der Waals surface area contributed by atoms with Gasteiger partial charge in [0.2, 0.25) is 11.8 Å². The van der Waals surface area contributed by atoms with Gasteiger partial charge in [-0.3, -0.25) is 13.9 Å². The molecule has 40 heavy (non-hydrogen) atoms. The lowest BCUT2D eigenvalue weighted by atomic mass is 10.1. The summed E-state index contributed by atoms with van der Waals surface area (Å²) < 4.78 is 45.5. The first-order valence-corrected chi connectivity index (χ1v) is 14.3. The Hall–Kier alpha value is -4.25. The van der Waals surface area contributed by atoms with E-state index >= 15 is 0 Å². The van der Waals surface area contributed by atoms with Gasteiger partial charge in [-0.15, -0.1) is 0 Å². The van der Waals surface area contributed by atoms with Crippen LogP contribution in [0.4, 0.5) is 5.69 Å². The zero-order valence-corrected chi connectivity index (χ0v) is 23.5. The average Bonchev–Trinajstić information content (AvgIpc) is 2.99. The second-order valence-electron chi connectivity index (χ2n) is 9.06. The van der Waals surface area contributed by atoms with Crippen LogP contribution < -0.4 is 23.8 Å². The quantitative estimate of drug-likeness (QED) is 0.378. The molecule has 0 aliphatic carbocycles. The van der Waals surface area contributed by atoms with Gasteiger partial charge < -0.3 is 24.4 Å². The number of rotatable bonds is 11. The summed E-state index contributed by atoms with van der Waals surface area (Å²) in [5.74, 6) is 0.573. The van der Waals surface area contributed by atoms with Gasteiger partial charge in [0.25, 0.3) is 10.0 Å². The summed E-state index contributed by atoms with van der Waals surface area (Å²) in [5, 5.41) is 2.62.